The van der Waals surface area contributed by atoms with Crippen molar-refractivity contribution in [2.24, 2.45) is 5.92 Å². The molecule has 0 bridgehead atoms. The molecule has 0 saturated heterocycles. The molecular weight excluding hydrogens is 396 g/mol. The van der Waals surface area contributed by atoms with Gasteiger partial charge in [0.25, 0.3) is 0 Å². The zero-order chi connectivity index (χ0) is 22.8. The third-order valence-corrected chi connectivity index (χ3v) is 5.23. The molecule has 0 saturated carbocycles. The van der Waals surface area contributed by atoms with Crippen LogP contribution in [0.2, 0.25) is 0 Å². The SMILES string of the molecule is CC(C)CC#CCNC(=O)CCCCC(=O)N1Cc2ccccc2C#Cc2ccccc21. The van der Waals surface area contributed by atoms with Crippen molar-refractivity contribution < 1.29 is 9.59 Å². The first-order valence-electron chi connectivity index (χ1n) is 11.3. The molecule has 164 valence electrons. The van der Waals surface area contributed by atoms with Crippen molar-refractivity contribution in [2.45, 2.75) is 52.5 Å². The Hall–Kier alpha value is -3.50. The van der Waals surface area contributed by atoms with Gasteiger partial charge < -0.3 is 10.2 Å². The van der Waals surface area contributed by atoms with Crippen LogP contribution in [0.1, 0.15) is 62.6 Å². The molecular formula is C28H30N2O2. The first kappa shape index (κ1) is 23.2. The van der Waals surface area contributed by atoms with E-state index in [0.29, 0.717) is 44.7 Å². The maximum absolute atomic E-state index is 13.1. The van der Waals surface area contributed by atoms with Gasteiger partial charge in [-0.15, -0.1) is 5.92 Å². The topological polar surface area (TPSA) is 49.4 Å². The van der Waals surface area contributed by atoms with Crippen molar-refractivity contribution in [3.05, 3.63) is 65.2 Å². The molecule has 0 unspecified atom stereocenters. The van der Waals surface area contributed by atoms with Crippen LogP contribution in [0.15, 0.2) is 48.5 Å². The van der Waals surface area contributed by atoms with Gasteiger partial charge in [-0.25, -0.2) is 0 Å². The lowest BCUT2D eigenvalue weighted by Gasteiger charge is -2.26. The van der Waals surface area contributed by atoms with E-state index in [0.717, 1.165) is 28.8 Å². The summed E-state index contributed by atoms with van der Waals surface area (Å²) in [5.41, 5.74) is 3.69. The first-order valence-corrected chi connectivity index (χ1v) is 11.3. The molecule has 1 N–H and O–H groups in total. The highest BCUT2D eigenvalue weighted by molar-refractivity contribution is 5.95. The number of rotatable bonds is 7. The van der Waals surface area contributed by atoms with Crippen LogP contribution in [0, 0.1) is 29.6 Å². The van der Waals surface area contributed by atoms with Crippen LogP contribution in [-0.2, 0) is 16.1 Å². The molecule has 2 aromatic carbocycles. The molecule has 32 heavy (non-hydrogen) atoms. The minimum absolute atomic E-state index is 0.0166. The van der Waals surface area contributed by atoms with Crippen molar-refractivity contribution in [1.82, 2.24) is 5.32 Å². The lowest BCUT2D eigenvalue weighted by Crippen LogP contribution is -2.31. The number of fused-ring (bicyclic) bond motifs is 2. The summed E-state index contributed by atoms with van der Waals surface area (Å²) in [5.74, 6) is 13.1. The van der Waals surface area contributed by atoms with Gasteiger partial charge in [0, 0.05) is 30.4 Å². The Kier molecular flexibility index (Phi) is 8.52. The molecule has 1 heterocycles. The van der Waals surface area contributed by atoms with Crippen LogP contribution in [0.3, 0.4) is 0 Å². The van der Waals surface area contributed by atoms with E-state index in [9.17, 15) is 9.59 Å². The molecule has 3 rings (SSSR count). The zero-order valence-corrected chi connectivity index (χ0v) is 18.9. The average Bonchev–Trinajstić information content (AvgIpc) is 2.77. The number of para-hydroxylation sites is 1. The molecule has 4 heteroatoms. The van der Waals surface area contributed by atoms with Crippen molar-refractivity contribution in [2.75, 3.05) is 11.4 Å². The second kappa shape index (κ2) is 11.8. The fraction of sp³-hybridized carbons (Fsp3) is 0.357. The fourth-order valence-corrected chi connectivity index (χ4v) is 3.47. The van der Waals surface area contributed by atoms with Gasteiger partial charge in [-0.3, -0.25) is 9.59 Å². The number of nitrogens with zero attached hydrogens (tertiary/aromatic N) is 1. The highest BCUT2D eigenvalue weighted by atomic mass is 16.2. The number of hydrogen-bond acceptors (Lipinski definition) is 2. The number of carbonyl (C=O) groups is 2. The lowest BCUT2D eigenvalue weighted by molar-refractivity contribution is -0.122. The number of hydrogen-bond donors (Lipinski definition) is 1. The lowest BCUT2D eigenvalue weighted by atomic mass is 10.0. The van der Waals surface area contributed by atoms with Gasteiger partial charge in [0.15, 0.2) is 0 Å². The van der Waals surface area contributed by atoms with Gasteiger partial charge in [0.05, 0.1) is 18.8 Å². The van der Waals surface area contributed by atoms with Gasteiger partial charge in [-0.2, -0.15) is 0 Å². The maximum atomic E-state index is 13.1. The van der Waals surface area contributed by atoms with Gasteiger partial charge in [0.2, 0.25) is 11.8 Å². The molecule has 0 aromatic heterocycles. The van der Waals surface area contributed by atoms with E-state index in [1.165, 1.54) is 0 Å². The van der Waals surface area contributed by atoms with E-state index in [-0.39, 0.29) is 11.8 Å². The molecule has 0 aliphatic carbocycles. The second-order valence-corrected chi connectivity index (χ2v) is 8.34. The van der Waals surface area contributed by atoms with Gasteiger partial charge >= 0.3 is 0 Å². The predicted octanol–water partition coefficient (Wildman–Crippen LogP) is 4.66. The summed E-state index contributed by atoms with van der Waals surface area (Å²) in [6, 6.07) is 15.7. The summed E-state index contributed by atoms with van der Waals surface area (Å²) in [7, 11) is 0. The number of amides is 2. The first-order chi connectivity index (χ1) is 15.5. The number of unbranched alkanes of at least 4 members (excludes halogenated alkanes) is 1. The van der Waals surface area contributed by atoms with Crippen LogP contribution in [0.25, 0.3) is 0 Å². The van der Waals surface area contributed by atoms with Crippen molar-refractivity contribution in [3.8, 4) is 23.7 Å². The molecule has 1 aliphatic heterocycles. The summed E-state index contributed by atoms with van der Waals surface area (Å²) in [4.78, 5) is 26.9. The monoisotopic (exact) mass is 426 g/mol. The third-order valence-electron chi connectivity index (χ3n) is 5.23. The van der Waals surface area contributed by atoms with Crippen molar-refractivity contribution in [3.63, 3.8) is 0 Å². The Morgan fingerprint density at radius 2 is 1.66 bits per heavy atom. The Balaban J connectivity index is 1.54. The molecule has 2 amide bonds. The van der Waals surface area contributed by atoms with E-state index in [4.69, 9.17) is 0 Å². The highest BCUT2D eigenvalue weighted by Crippen LogP contribution is 2.26. The van der Waals surface area contributed by atoms with Crippen LogP contribution >= 0.6 is 0 Å². The molecule has 0 radical (unpaired) electrons. The number of anilines is 1. The summed E-state index contributed by atoms with van der Waals surface area (Å²) >= 11 is 0. The Morgan fingerprint density at radius 1 is 0.969 bits per heavy atom. The van der Waals surface area contributed by atoms with E-state index in [2.05, 4.69) is 42.8 Å². The van der Waals surface area contributed by atoms with Crippen LogP contribution in [0.4, 0.5) is 5.69 Å². The van der Waals surface area contributed by atoms with Gasteiger partial charge in [0.1, 0.15) is 0 Å². The smallest absolute Gasteiger partial charge is 0.227 e. The molecule has 2 aromatic rings. The zero-order valence-electron chi connectivity index (χ0n) is 18.9. The largest absolute Gasteiger partial charge is 0.345 e. The molecule has 0 fully saturated rings. The summed E-state index contributed by atoms with van der Waals surface area (Å²) < 4.78 is 0. The van der Waals surface area contributed by atoms with Crippen molar-refractivity contribution >= 4 is 17.5 Å². The van der Waals surface area contributed by atoms with Crippen LogP contribution < -0.4 is 10.2 Å². The standard InChI is InChI=1S/C28H30N2O2/c1-22(2)11-9-10-20-29-27(31)16-7-8-17-28(32)30-21-25-14-4-3-12-23(25)18-19-24-13-5-6-15-26(24)30/h3-6,12-15,22H,7-8,11,16-17,20-21H2,1-2H3,(H,29,31). The molecule has 4 nitrogen and oxygen atoms in total. The van der Waals surface area contributed by atoms with Crippen LogP contribution in [-0.4, -0.2) is 18.4 Å². The molecule has 1 aliphatic rings. The number of carbonyl (C=O) groups excluding carboxylic acids is 2. The summed E-state index contributed by atoms with van der Waals surface area (Å²) in [5, 5.41) is 2.82. The normalized spacial score (nSPS) is 11.7. The van der Waals surface area contributed by atoms with E-state index in [1.54, 1.807) is 0 Å². The Morgan fingerprint density at radius 3 is 2.47 bits per heavy atom. The fourth-order valence-electron chi connectivity index (χ4n) is 3.47. The highest BCUT2D eigenvalue weighted by Gasteiger charge is 2.20. The Bertz CT molecular complexity index is 1080. The van der Waals surface area contributed by atoms with Crippen LogP contribution in [0.5, 0.6) is 0 Å². The third kappa shape index (κ3) is 6.76. The minimum atomic E-state index is -0.0166. The predicted molar refractivity (Wildman–Crippen MR) is 129 cm³/mol. The van der Waals surface area contributed by atoms with E-state index >= 15 is 0 Å². The van der Waals surface area contributed by atoms with E-state index < -0.39 is 0 Å². The number of nitrogens with one attached hydrogen (secondary N) is 1. The van der Waals surface area contributed by atoms with Gasteiger partial charge in [-0.1, -0.05) is 61.9 Å². The Labute approximate surface area is 191 Å². The molecule has 0 atom stereocenters. The number of benzene rings is 2. The summed E-state index contributed by atoms with van der Waals surface area (Å²) in [6.45, 7) is 5.12. The minimum Gasteiger partial charge on any atom is -0.345 e. The van der Waals surface area contributed by atoms with E-state index in [1.807, 2.05) is 53.4 Å². The average molecular weight is 427 g/mol. The summed E-state index contributed by atoms with van der Waals surface area (Å²) in [6.07, 6.45) is 2.98. The molecule has 0 spiro atoms. The van der Waals surface area contributed by atoms with Gasteiger partial charge in [-0.05, 0) is 42.5 Å². The quantitative estimate of drug-likeness (QED) is 0.517. The second-order valence-electron chi connectivity index (χ2n) is 8.34. The van der Waals surface area contributed by atoms with Crippen molar-refractivity contribution in [1.29, 1.82) is 0 Å². The maximum Gasteiger partial charge on any atom is 0.227 e.